The fourth-order valence-corrected chi connectivity index (χ4v) is 3.27. The third kappa shape index (κ3) is 9.32. The van der Waals surface area contributed by atoms with Gasteiger partial charge < -0.3 is 10.8 Å². The Balaban J connectivity index is 1.92. The fraction of sp³-hybridized carbons (Fsp3) is 0.727. The van der Waals surface area contributed by atoms with Gasteiger partial charge in [-0.1, -0.05) is 84.0 Å². The van der Waals surface area contributed by atoms with Crippen LogP contribution in [0.5, 0.6) is 5.75 Å². The van der Waals surface area contributed by atoms with Gasteiger partial charge in [0.25, 0.3) is 0 Å². The molecule has 0 saturated carbocycles. The Morgan fingerprint density at radius 1 is 0.750 bits per heavy atom. The van der Waals surface area contributed by atoms with Crippen LogP contribution in [0.4, 0.5) is 0 Å². The Hall–Kier alpha value is -1.02. The standard InChI is InChI=1S/C22H38NO/c1-2-3-4-5-6-7-8-9-10-11-12-13-14-16-20-17-15-18-21(19-23)22(20)24/h17-18,24H,2-14,16,19,23H2,1H3. The molecule has 0 fully saturated rings. The molecule has 1 aromatic carbocycles. The van der Waals surface area contributed by atoms with Crippen LogP contribution in [-0.4, -0.2) is 5.11 Å². The molecule has 137 valence electrons. The molecule has 0 atom stereocenters. The zero-order valence-electron chi connectivity index (χ0n) is 15.8. The van der Waals surface area contributed by atoms with E-state index in [9.17, 15) is 5.11 Å². The maximum Gasteiger partial charge on any atom is 0.123 e. The van der Waals surface area contributed by atoms with Gasteiger partial charge in [0, 0.05) is 12.1 Å². The normalized spacial score (nSPS) is 11.1. The molecular weight excluding hydrogens is 294 g/mol. The molecule has 2 nitrogen and oxygen atoms in total. The number of aromatic hydroxyl groups is 1. The van der Waals surface area contributed by atoms with E-state index in [0.29, 0.717) is 12.3 Å². The van der Waals surface area contributed by atoms with E-state index in [4.69, 9.17) is 5.73 Å². The minimum absolute atomic E-state index is 0.384. The number of nitrogens with two attached hydrogens (primary N) is 1. The van der Waals surface area contributed by atoms with Crippen molar-refractivity contribution in [3.8, 4) is 5.75 Å². The molecule has 0 aromatic heterocycles. The molecule has 1 rings (SSSR count). The number of aryl methyl sites for hydroxylation is 1. The highest BCUT2D eigenvalue weighted by Crippen LogP contribution is 2.23. The highest BCUT2D eigenvalue weighted by atomic mass is 16.3. The van der Waals surface area contributed by atoms with E-state index < -0.39 is 0 Å². The molecule has 24 heavy (non-hydrogen) atoms. The Morgan fingerprint density at radius 3 is 1.71 bits per heavy atom. The van der Waals surface area contributed by atoms with Crippen molar-refractivity contribution in [2.75, 3.05) is 0 Å². The van der Waals surface area contributed by atoms with Crippen LogP contribution in [0.25, 0.3) is 0 Å². The Kier molecular flexibility index (Phi) is 12.6. The maximum atomic E-state index is 10.1. The first-order chi connectivity index (χ1) is 11.8. The van der Waals surface area contributed by atoms with E-state index in [1.54, 1.807) is 6.07 Å². The van der Waals surface area contributed by atoms with Crippen molar-refractivity contribution in [1.29, 1.82) is 0 Å². The van der Waals surface area contributed by atoms with E-state index in [0.717, 1.165) is 24.0 Å². The van der Waals surface area contributed by atoms with Gasteiger partial charge in [0.05, 0.1) is 0 Å². The summed E-state index contributed by atoms with van der Waals surface area (Å²) in [6.07, 6.45) is 18.7. The third-order valence-corrected chi connectivity index (χ3v) is 4.89. The number of phenols is 1. The fourth-order valence-electron chi connectivity index (χ4n) is 3.27. The second-order valence-corrected chi connectivity index (χ2v) is 7.05. The van der Waals surface area contributed by atoms with Crippen LogP contribution in [0, 0.1) is 6.07 Å². The van der Waals surface area contributed by atoms with Crippen LogP contribution < -0.4 is 5.73 Å². The summed E-state index contributed by atoms with van der Waals surface area (Å²) < 4.78 is 0. The van der Waals surface area contributed by atoms with Gasteiger partial charge in [0.1, 0.15) is 5.75 Å². The second-order valence-electron chi connectivity index (χ2n) is 7.05. The molecular formula is C22H38NO. The molecule has 0 bridgehead atoms. The lowest BCUT2D eigenvalue weighted by Crippen LogP contribution is -1.98. The van der Waals surface area contributed by atoms with E-state index >= 15 is 0 Å². The van der Waals surface area contributed by atoms with Gasteiger partial charge in [-0.05, 0) is 36.6 Å². The summed E-state index contributed by atoms with van der Waals surface area (Å²) in [4.78, 5) is 0. The Labute approximate surface area is 149 Å². The van der Waals surface area contributed by atoms with E-state index in [2.05, 4.69) is 13.0 Å². The summed E-state index contributed by atoms with van der Waals surface area (Å²) >= 11 is 0. The lowest BCUT2D eigenvalue weighted by molar-refractivity contribution is 0.459. The van der Waals surface area contributed by atoms with Crippen LogP contribution in [-0.2, 0) is 13.0 Å². The van der Waals surface area contributed by atoms with Gasteiger partial charge in [0.2, 0.25) is 0 Å². The summed E-state index contributed by atoms with van der Waals surface area (Å²) in [6.45, 7) is 2.66. The first kappa shape index (κ1) is 21.0. The molecule has 0 aliphatic heterocycles. The lowest BCUT2D eigenvalue weighted by Gasteiger charge is -2.08. The number of phenolic OH excluding ortho intramolecular Hbond substituents is 1. The first-order valence-corrected chi connectivity index (χ1v) is 10.2. The molecule has 0 unspecified atom stereocenters. The van der Waals surface area contributed by atoms with Crippen molar-refractivity contribution < 1.29 is 5.11 Å². The molecule has 0 heterocycles. The lowest BCUT2D eigenvalue weighted by atomic mass is 10.0. The molecule has 0 spiro atoms. The second kappa shape index (κ2) is 14.3. The number of hydrogen-bond donors (Lipinski definition) is 2. The first-order valence-electron chi connectivity index (χ1n) is 10.2. The van der Waals surface area contributed by atoms with Gasteiger partial charge in [0.15, 0.2) is 0 Å². The highest BCUT2D eigenvalue weighted by molar-refractivity contribution is 5.39. The summed E-state index contributed by atoms with van der Waals surface area (Å²) in [6, 6.07) is 6.76. The molecule has 1 radical (unpaired) electrons. The van der Waals surface area contributed by atoms with Crippen LogP contribution in [0.1, 0.15) is 102 Å². The predicted molar refractivity (Wildman–Crippen MR) is 104 cm³/mol. The monoisotopic (exact) mass is 332 g/mol. The average Bonchev–Trinajstić information content (AvgIpc) is 2.60. The molecule has 0 aliphatic rings. The van der Waals surface area contributed by atoms with Gasteiger partial charge in [-0.25, -0.2) is 0 Å². The minimum atomic E-state index is 0.384. The average molecular weight is 333 g/mol. The quantitative estimate of drug-likeness (QED) is 0.371. The van der Waals surface area contributed by atoms with E-state index in [1.165, 1.54) is 77.0 Å². The third-order valence-electron chi connectivity index (χ3n) is 4.89. The number of rotatable bonds is 15. The number of unbranched alkanes of at least 4 members (excludes halogenated alkanes) is 12. The maximum absolute atomic E-state index is 10.1. The SMILES string of the molecule is CCCCCCCCCCCCCCCc1c[c]cc(CN)c1O. The zero-order valence-corrected chi connectivity index (χ0v) is 15.8. The van der Waals surface area contributed by atoms with Gasteiger partial charge in [-0.2, -0.15) is 0 Å². The van der Waals surface area contributed by atoms with E-state index in [1.807, 2.05) is 6.07 Å². The summed E-state index contributed by atoms with van der Waals surface area (Å²) in [5.41, 5.74) is 7.42. The van der Waals surface area contributed by atoms with Crippen molar-refractivity contribution in [3.63, 3.8) is 0 Å². The summed E-state index contributed by atoms with van der Waals surface area (Å²) in [5.74, 6) is 0.384. The molecule has 2 heteroatoms. The van der Waals surface area contributed by atoms with Gasteiger partial charge >= 0.3 is 0 Å². The zero-order chi connectivity index (χ0) is 17.5. The van der Waals surface area contributed by atoms with Crippen molar-refractivity contribution >= 4 is 0 Å². The predicted octanol–water partition coefficient (Wildman–Crippen LogP) is 6.28. The molecule has 3 N–H and O–H groups in total. The van der Waals surface area contributed by atoms with Crippen LogP contribution in [0.15, 0.2) is 12.1 Å². The molecule has 0 amide bonds. The molecule has 1 aromatic rings. The number of hydrogen-bond acceptors (Lipinski definition) is 2. The van der Waals surface area contributed by atoms with E-state index in [-0.39, 0.29) is 0 Å². The van der Waals surface area contributed by atoms with Gasteiger partial charge in [-0.3, -0.25) is 0 Å². The Bertz CT molecular complexity index is 416. The highest BCUT2D eigenvalue weighted by Gasteiger charge is 2.05. The van der Waals surface area contributed by atoms with Crippen molar-refractivity contribution in [1.82, 2.24) is 0 Å². The smallest absolute Gasteiger partial charge is 0.123 e. The molecule has 0 aliphatic carbocycles. The van der Waals surface area contributed by atoms with Crippen LogP contribution in [0.2, 0.25) is 0 Å². The Morgan fingerprint density at radius 2 is 1.21 bits per heavy atom. The van der Waals surface area contributed by atoms with Crippen molar-refractivity contribution in [2.24, 2.45) is 5.73 Å². The largest absolute Gasteiger partial charge is 0.507 e. The van der Waals surface area contributed by atoms with Crippen molar-refractivity contribution in [2.45, 2.75) is 103 Å². The molecule has 0 saturated heterocycles. The topological polar surface area (TPSA) is 46.2 Å². The van der Waals surface area contributed by atoms with Crippen LogP contribution in [0.3, 0.4) is 0 Å². The van der Waals surface area contributed by atoms with Crippen LogP contribution >= 0.6 is 0 Å². The van der Waals surface area contributed by atoms with Crippen molar-refractivity contribution in [3.05, 3.63) is 29.3 Å². The number of benzene rings is 1. The minimum Gasteiger partial charge on any atom is -0.507 e. The summed E-state index contributed by atoms with van der Waals surface area (Å²) in [5, 5.41) is 10.1. The summed E-state index contributed by atoms with van der Waals surface area (Å²) in [7, 11) is 0. The van der Waals surface area contributed by atoms with Gasteiger partial charge in [-0.15, -0.1) is 0 Å².